The van der Waals surface area contributed by atoms with Crippen LogP contribution in [0.4, 0.5) is 4.39 Å². The summed E-state index contributed by atoms with van der Waals surface area (Å²) in [6, 6.07) is 6.78. The Bertz CT molecular complexity index is 266. The van der Waals surface area contributed by atoms with Crippen LogP contribution in [0.15, 0.2) is 24.3 Å². The Morgan fingerprint density at radius 3 is 3.00 bits per heavy atom. The molecule has 1 fully saturated rings. The van der Waals surface area contributed by atoms with Crippen molar-refractivity contribution >= 4 is 0 Å². The van der Waals surface area contributed by atoms with Crippen molar-refractivity contribution in [1.82, 2.24) is 0 Å². The van der Waals surface area contributed by atoms with Gasteiger partial charge in [-0.2, -0.15) is 0 Å². The number of hydrogen-bond donors (Lipinski definition) is 0. The molecule has 1 nitrogen and oxygen atoms in total. The quantitative estimate of drug-likeness (QED) is 0.622. The van der Waals surface area contributed by atoms with Gasteiger partial charge < -0.3 is 4.74 Å². The first-order chi connectivity index (χ1) is 5.86. The van der Waals surface area contributed by atoms with E-state index in [-0.39, 0.29) is 5.82 Å². The first kappa shape index (κ1) is 7.74. The molecule has 1 heterocycles. The van der Waals surface area contributed by atoms with Gasteiger partial charge in [-0.05, 0) is 24.1 Å². The second kappa shape index (κ2) is 3.23. The van der Waals surface area contributed by atoms with Crippen LogP contribution in [0.1, 0.15) is 17.9 Å². The normalized spacial score (nSPS) is 22.9. The average molecular weight is 166 g/mol. The lowest BCUT2D eigenvalue weighted by Crippen LogP contribution is -1.97. The van der Waals surface area contributed by atoms with E-state index in [1.165, 1.54) is 6.07 Å². The lowest BCUT2D eigenvalue weighted by Gasteiger charge is -2.06. The summed E-state index contributed by atoms with van der Waals surface area (Å²) in [7, 11) is 0. The van der Waals surface area contributed by atoms with Gasteiger partial charge in [-0.15, -0.1) is 0 Å². The van der Waals surface area contributed by atoms with Crippen molar-refractivity contribution in [3.8, 4) is 0 Å². The number of rotatable bonds is 1. The Morgan fingerprint density at radius 1 is 1.42 bits per heavy atom. The largest absolute Gasteiger partial charge is 0.381 e. The fourth-order valence-electron chi connectivity index (χ4n) is 1.56. The van der Waals surface area contributed by atoms with E-state index >= 15 is 0 Å². The van der Waals surface area contributed by atoms with Crippen LogP contribution < -0.4 is 0 Å². The zero-order chi connectivity index (χ0) is 8.39. The van der Waals surface area contributed by atoms with Crippen LogP contribution in [0.25, 0.3) is 0 Å². The molecular weight excluding hydrogens is 155 g/mol. The molecule has 1 aliphatic heterocycles. The zero-order valence-electron chi connectivity index (χ0n) is 6.79. The van der Waals surface area contributed by atoms with Gasteiger partial charge in [0.1, 0.15) is 5.82 Å². The van der Waals surface area contributed by atoms with Crippen molar-refractivity contribution in [3.05, 3.63) is 35.6 Å². The number of ether oxygens (including phenoxy) is 1. The maximum atomic E-state index is 12.8. The van der Waals surface area contributed by atoms with Gasteiger partial charge in [0.15, 0.2) is 0 Å². The predicted molar refractivity (Wildman–Crippen MR) is 44.6 cm³/mol. The summed E-state index contributed by atoms with van der Waals surface area (Å²) < 4.78 is 18.0. The molecule has 0 aromatic heterocycles. The van der Waals surface area contributed by atoms with Crippen LogP contribution in [0.3, 0.4) is 0 Å². The molecule has 1 aliphatic rings. The topological polar surface area (TPSA) is 9.23 Å². The molecule has 1 saturated heterocycles. The lowest BCUT2D eigenvalue weighted by atomic mass is 9.99. The smallest absolute Gasteiger partial charge is 0.123 e. The molecule has 1 aromatic rings. The lowest BCUT2D eigenvalue weighted by molar-refractivity contribution is 0.194. The molecule has 12 heavy (non-hydrogen) atoms. The highest BCUT2D eigenvalue weighted by molar-refractivity contribution is 5.21. The molecule has 2 heteroatoms. The van der Waals surface area contributed by atoms with Crippen molar-refractivity contribution in [2.45, 2.75) is 12.3 Å². The summed E-state index contributed by atoms with van der Waals surface area (Å²) in [6.45, 7) is 1.55. The Kier molecular flexibility index (Phi) is 2.09. The highest BCUT2D eigenvalue weighted by Gasteiger charge is 2.17. The van der Waals surface area contributed by atoms with Crippen LogP contribution in [0, 0.1) is 5.82 Å². The zero-order valence-corrected chi connectivity index (χ0v) is 6.79. The third kappa shape index (κ3) is 1.48. The molecule has 2 rings (SSSR count). The van der Waals surface area contributed by atoms with E-state index in [1.54, 1.807) is 12.1 Å². The van der Waals surface area contributed by atoms with Gasteiger partial charge in [0.05, 0.1) is 6.61 Å². The van der Waals surface area contributed by atoms with Crippen molar-refractivity contribution in [3.63, 3.8) is 0 Å². The summed E-state index contributed by atoms with van der Waals surface area (Å²) in [5.74, 6) is 0.250. The monoisotopic (exact) mass is 166 g/mol. The number of benzene rings is 1. The van der Waals surface area contributed by atoms with E-state index in [2.05, 4.69) is 0 Å². The number of hydrogen-bond acceptors (Lipinski definition) is 1. The van der Waals surface area contributed by atoms with Gasteiger partial charge in [0, 0.05) is 12.5 Å². The third-order valence-electron chi connectivity index (χ3n) is 2.25. The minimum Gasteiger partial charge on any atom is -0.381 e. The SMILES string of the molecule is Fc1cccc([C@@H]2CCOC2)c1. The van der Waals surface area contributed by atoms with Gasteiger partial charge in [0.25, 0.3) is 0 Å². The Morgan fingerprint density at radius 2 is 2.33 bits per heavy atom. The van der Waals surface area contributed by atoms with E-state index in [0.717, 1.165) is 25.2 Å². The van der Waals surface area contributed by atoms with E-state index < -0.39 is 0 Å². The second-order valence-electron chi connectivity index (χ2n) is 3.12. The minimum absolute atomic E-state index is 0.153. The molecule has 0 aliphatic carbocycles. The summed E-state index contributed by atoms with van der Waals surface area (Å²) >= 11 is 0. The Hall–Kier alpha value is -0.890. The Labute approximate surface area is 71.2 Å². The summed E-state index contributed by atoms with van der Waals surface area (Å²) in [5.41, 5.74) is 1.06. The van der Waals surface area contributed by atoms with E-state index in [1.807, 2.05) is 6.07 Å². The first-order valence-corrected chi connectivity index (χ1v) is 4.19. The molecule has 0 bridgehead atoms. The highest BCUT2D eigenvalue weighted by Crippen LogP contribution is 2.25. The van der Waals surface area contributed by atoms with Gasteiger partial charge in [-0.25, -0.2) is 4.39 Å². The van der Waals surface area contributed by atoms with Crippen LogP contribution in [-0.4, -0.2) is 13.2 Å². The van der Waals surface area contributed by atoms with Crippen LogP contribution >= 0.6 is 0 Å². The summed E-state index contributed by atoms with van der Waals surface area (Å²) in [5, 5.41) is 0. The standard InChI is InChI=1S/C10H11FO/c11-10-3-1-2-8(6-10)9-4-5-12-7-9/h1-3,6,9H,4-5,7H2/t9-/m1/s1. The highest BCUT2D eigenvalue weighted by atomic mass is 19.1. The van der Waals surface area contributed by atoms with Crippen molar-refractivity contribution in [1.29, 1.82) is 0 Å². The molecule has 0 unspecified atom stereocenters. The maximum absolute atomic E-state index is 12.8. The second-order valence-corrected chi connectivity index (χ2v) is 3.12. The Balaban J connectivity index is 2.21. The molecule has 0 saturated carbocycles. The number of halogens is 1. The van der Waals surface area contributed by atoms with Crippen molar-refractivity contribution in [2.75, 3.05) is 13.2 Å². The fourth-order valence-corrected chi connectivity index (χ4v) is 1.56. The van der Waals surface area contributed by atoms with Crippen LogP contribution in [-0.2, 0) is 4.74 Å². The van der Waals surface area contributed by atoms with E-state index in [0.29, 0.717) is 5.92 Å². The molecule has 64 valence electrons. The van der Waals surface area contributed by atoms with Gasteiger partial charge >= 0.3 is 0 Å². The maximum Gasteiger partial charge on any atom is 0.123 e. The molecule has 0 amide bonds. The van der Waals surface area contributed by atoms with Crippen molar-refractivity contribution in [2.24, 2.45) is 0 Å². The van der Waals surface area contributed by atoms with Crippen molar-refractivity contribution < 1.29 is 9.13 Å². The van der Waals surface area contributed by atoms with Gasteiger partial charge in [0.2, 0.25) is 0 Å². The minimum atomic E-state index is -0.153. The average Bonchev–Trinajstić information content (AvgIpc) is 2.56. The van der Waals surface area contributed by atoms with E-state index in [4.69, 9.17) is 4.74 Å². The van der Waals surface area contributed by atoms with Crippen LogP contribution in [0.2, 0.25) is 0 Å². The molecule has 0 N–H and O–H groups in total. The molecular formula is C10H11FO. The van der Waals surface area contributed by atoms with Gasteiger partial charge in [-0.3, -0.25) is 0 Å². The summed E-state index contributed by atoms with van der Waals surface area (Å²) in [4.78, 5) is 0. The first-order valence-electron chi connectivity index (χ1n) is 4.19. The van der Waals surface area contributed by atoms with Crippen LogP contribution in [0.5, 0.6) is 0 Å². The molecule has 1 atom stereocenters. The predicted octanol–water partition coefficient (Wildman–Crippen LogP) is 2.33. The molecule has 1 aromatic carbocycles. The fraction of sp³-hybridized carbons (Fsp3) is 0.400. The molecule has 0 spiro atoms. The van der Waals surface area contributed by atoms with E-state index in [9.17, 15) is 4.39 Å². The summed E-state index contributed by atoms with van der Waals surface area (Å²) in [6.07, 6.45) is 1.02. The molecule has 0 radical (unpaired) electrons. The van der Waals surface area contributed by atoms with Gasteiger partial charge in [-0.1, -0.05) is 12.1 Å². The third-order valence-corrected chi connectivity index (χ3v) is 2.25.